The van der Waals surface area contributed by atoms with E-state index in [0.717, 1.165) is 6.07 Å². The van der Waals surface area contributed by atoms with Crippen LogP contribution in [0.3, 0.4) is 0 Å². The van der Waals surface area contributed by atoms with Crippen molar-refractivity contribution < 1.29 is 31.1 Å². The second-order valence-corrected chi connectivity index (χ2v) is 8.19. The van der Waals surface area contributed by atoms with E-state index in [-0.39, 0.29) is 17.3 Å². The van der Waals surface area contributed by atoms with Crippen LogP contribution in [-0.2, 0) is 12.4 Å². The minimum atomic E-state index is -5.02. The molecule has 0 spiro atoms. The third kappa shape index (κ3) is 5.47. The number of hydrogen-bond acceptors (Lipinski definition) is 4. The van der Waals surface area contributed by atoms with Gasteiger partial charge in [0.25, 0.3) is 5.91 Å². The van der Waals surface area contributed by atoms with Crippen molar-refractivity contribution in [3.63, 3.8) is 0 Å². The van der Waals surface area contributed by atoms with Crippen LogP contribution in [-0.4, -0.2) is 25.7 Å². The molecule has 4 aromatic rings. The SMILES string of the molecule is Cc1c(NC(=O)c2cncc(-c3ccccn3)c2)cnn1C(C)c1ccc(C(F)(F)F)cc1C(F)(F)F. The predicted molar refractivity (Wildman–Crippen MR) is 123 cm³/mol. The summed E-state index contributed by atoms with van der Waals surface area (Å²) in [6.45, 7) is 2.91. The Morgan fingerprint density at radius 3 is 2.38 bits per heavy atom. The standard InChI is InChI=1S/C25H19F6N5O/c1-14(19-7-6-18(24(26,27)28)10-20(19)25(29,30)31)36-15(2)22(13-34-36)35-23(37)17-9-16(11-32-12-17)21-5-3-4-8-33-21/h3-14H,1-2H3,(H,35,37). The summed E-state index contributed by atoms with van der Waals surface area (Å²) in [6, 6.07) is 7.28. The lowest BCUT2D eigenvalue weighted by Crippen LogP contribution is -2.19. The molecule has 192 valence electrons. The molecule has 0 aliphatic carbocycles. The summed E-state index contributed by atoms with van der Waals surface area (Å²) in [4.78, 5) is 21.1. The molecule has 0 saturated carbocycles. The number of pyridine rings is 2. The van der Waals surface area contributed by atoms with Crippen LogP contribution in [0.2, 0.25) is 0 Å². The van der Waals surface area contributed by atoms with Gasteiger partial charge < -0.3 is 5.32 Å². The number of halogens is 6. The first-order valence-electron chi connectivity index (χ1n) is 10.9. The Labute approximate surface area is 207 Å². The van der Waals surface area contributed by atoms with Gasteiger partial charge in [0, 0.05) is 24.2 Å². The van der Waals surface area contributed by atoms with E-state index in [2.05, 4.69) is 20.4 Å². The average molecular weight is 519 g/mol. The van der Waals surface area contributed by atoms with E-state index in [4.69, 9.17) is 0 Å². The number of alkyl halides is 6. The highest BCUT2D eigenvalue weighted by Gasteiger charge is 2.39. The molecule has 1 amide bonds. The van der Waals surface area contributed by atoms with Gasteiger partial charge in [-0.25, -0.2) is 0 Å². The number of hydrogen-bond donors (Lipinski definition) is 1. The van der Waals surface area contributed by atoms with Gasteiger partial charge in [0.05, 0.1) is 46.0 Å². The molecule has 4 rings (SSSR count). The summed E-state index contributed by atoms with van der Waals surface area (Å²) < 4.78 is 81.2. The van der Waals surface area contributed by atoms with Gasteiger partial charge in [0.2, 0.25) is 0 Å². The first-order chi connectivity index (χ1) is 17.4. The van der Waals surface area contributed by atoms with Gasteiger partial charge in [-0.05, 0) is 49.7 Å². The molecule has 3 heterocycles. The number of aromatic nitrogens is 4. The quantitative estimate of drug-likeness (QED) is 0.304. The lowest BCUT2D eigenvalue weighted by molar-refractivity contribution is -0.143. The van der Waals surface area contributed by atoms with E-state index in [9.17, 15) is 31.1 Å². The van der Waals surface area contributed by atoms with E-state index >= 15 is 0 Å². The molecular formula is C25H19F6N5O. The first kappa shape index (κ1) is 25.9. The smallest absolute Gasteiger partial charge is 0.319 e. The number of nitrogens with zero attached hydrogens (tertiary/aromatic N) is 4. The lowest BCUT2D eigenvalue weighted by atomic mass is 9.98. The van der Waals surface area contributed by atoms with Crippen molar-refractivity contribution in [1.29, 1.82) is 0 Å². The lowest BCUT2D eigenvalue weighted by Gasteiger charge is -2.21. The molecule has 37 heavy (non-hydrogen) atoms. The van der Waals surface area contributed by atoms with Crippen molar-refractivity contribution in [3.8, 4) is 11.3 Å². The van der Waals surface area contributed by atoms with Crippen molar-refractivity contribution in [2.24, 2.45) is 0 Å². The first-order valence-corrected chi connectivity index (χ1v) is 10.9. The molecule has 0 aliphatic heterocycles. The predicted octanol–water partition coefficient (Wildman–Crippen LogP) is 6.55. The third-order valence-electron chi connectivity index (χ3n) is 5.76. The van der Waals surface area contributed by atoms with Crippen LogP contribution in [0.15, 0.2) is 67.3 Å². The monoisotopic (exact) mass is 519 g/mol. The molecule has 0 radical (unpaired) electrons. The van der Waals surface area contributed by atoms with Crippen LogP contribution in [0, 0.1) is 6.92 Å². The summed E-state index contributed by atoms with van der Waals surface area (Å²) in [5, 5.41) is 6.74. The van der Waals surface area contributed by atoms with Gasteiger partial charge in [-0.15, -0.1) is 0 Å². The number of amides is 1. The Kier molecular flexibility index (Phi) is 6.76. The third-order valence-corrected chi connectivity index (χ3v) is 5.76. The number of carbonyl (C=O) groups is 1. The Balaban J connectivity index is 1.61. The van der Waals surface area contributed by atoms with Gasteiger partial charge in [0.1, 0.15) is 0 Å². The van der Waals surface area contributed by atoms with Crippen molar-refractivity contribution in [2.75, 3.05) is 5.32 Å². The number of rotatable bonds is 5. The maximum atomic E-state index is 13.6. The molecule has 1 aromatic carbocycles. The molecule has 12 heteroatoms. The van der Waals surface area contributed by atoms with Crippen LogP contribution >= 0.6 is 0 Å². The van der Waals surface area contributed by atoms with Crippen LogP contribution in [0.1, 0.15) is 45.7 Å². The minimum absolute atomic E-state index is 0.0922. The Morgan fingerprint density at radius 1 is 0.973 bits per heavy atom. The zero-order chi connectivity index (χ0) is 27.0. The number of carbonyl (C=O) groups excluding carboxylic acids is 1. The topological polar surface area (TPSA) is 72.7 Å². The van der Waals surface area contributed by atoms with Crippen LogP contribution in [0.25, 0.3) is 11.3 Å². The van der Waals surface area contributed by atoms with Gasteiger partial charge >= 0.3 is 12.4 Å². The summed E-state index contributed by atoms with van der Waals surface area (Å²) in [7, 11) is 0. The van der Waals surface area contributed by atoms with Gasteiger partial charge in [-0.3, -0.25) is 19.4 Å². The molecule has 1 unspecified atom stereocenters. The van der Waals surface area contributed by atoms with Crippen LogP contribution in [0.4, 0.5) is 32.0 Å². The molecule has 0 saturated heterocycles. The molecule has 0 bridgehead atoms. The molecule has 3 aromatic heterocycles. The summed E-state index contributed by atoms with van der Waals surface area (Å²) >= 11 is 0. The average Bonchev–Trinajstić information content (AvgIpc) is 3.22. The van der Waals surface area contributed by atoms with E-state index in [0.29, 0.717) is 23.0 Å². The number of anilines is 1. The van der Waals surface area contributed by atoms with Gasteiger partial charge in [0.15, 0.2) is 0 Å². The molecule has 6 nitrogen and oxygen atoms in total. The molecule has 0 fully saturated rings. The maximum absolute atomic E-state index is 13.6. The minimum Gasteiger partial charge on any atom is -0.319 e. The van der Waals surface area contributed by atoms with Crippen LogP contribution in [0.5, 0.6) is 0 Å². The highest BCUT2D eigenvalue weighted by molar-refractivity contribution is 6.04. The Bertz CT molecular complexity index is 1430. The van der Waals surface area contributed by atoms with Crippen LogP contribution < -0.4 is 5.32 Å². The maximum Gasteiger partial charge on any atom is 0.416 e. The fraction of sp³-hybridized carbons (Fsp3) is 0.200. The van der Waals surface area contributed by atoms with E-state index in [1.807, 2.05) is 0 Å². The highest BCUT2D eigenvalue weighted by atomic mass is 19.4. The molecular weight excluding hydrogens is 500 g/mol. The van der Waals surface area contributed by atoms with E-state index in [1.165, 1.54) is 30.9 Å². The van der Waals surface area contributed by atoms with Crippen molar-refractivity contribution in [2.45, 2.75) is 32.2 Å². The van der Waals surface area contributed by atoms with E-state index < -0.39 is 41.0 Å². The van der Waals surface area contributed by atoms with Gasteiger partial charge in [-0.2, -0.15) is 31.4 Å². The normalized spacial score (nSPS) is 12.9. The fourth-order valence-corrected chi connectivity index (χ4v) is 3.84. The fourth-order valence-electron chi connectivity index (χ4n) is 3.84. The zero-order valence-corrected chi connectivity index (χ0v) is 19.4. The summed E-state index contributed by atoms with van der Waals surface area (Å²) in [6.07, 6.45) is -4.19. The second kappa shape index (κ2) is 9.68. The van der Waals surface area contributed by atoms with Crippen molar-refractivity contribution in [1.82, 2.24) is 19.7 Å². The Hall–Kier alpha value is -4.22. The molecule has 0 aliphatic rings. The second-order valence-electron chi connectivity index (χ2n) is 8.19. The van der Waals surface area contributed by atoms with Crippen molar-refractivity contribution in [3.05, 3.63) is 95.2 Å². The molecule has 1 N–H and O–H groups in total. The highest BCUT2D eigenvalue weighted by Crippen LogP contribution is 2.40. The number of benzene rings is 1. The summed E-state index contributed by atoms with van der Waals surface area (Å²) in [5.74, 6) is -0.536. The van der Waals surface area contributed by atoms with Crippen molar-refractivity contribution >= 4 is 11.6 Å². The number of nitrogens with one attached hydrogen (secondary N) is 1. The molecule has 1 atom stereocenters. The van der Waals surface area contributed by atoms with E-state index in [1.54, 1.807) is 36.7 Å². The Morgan fingerprint density at radius 2 is 1.73 bits per heavy atom. The largest absolute Gasteiger partial charge is 0.416 e. The van der Waals surface area contributed by atoms with Gasteiger partial charge in [-0.1, -0.05) is 12.1 Å². The zero-order valence-electron chi connectivity index (χ0n) is 19.4. The summed E-state index contributed by atoms with van der Waals surface area (Å²) in [5.41, 5.74) is -1.24.